The molecule has 0 amide bonds. The minimum atomic E-state index is 0.334. The van der Waals surface area contributed by atoms with Crippen molar-refractivity contribution in [3.05, 3.63) is 71.0 Å². The summed E-state index contributed by atoms with van der Waals surface area (Å²) >= 11 is 0. The smallest absolute Gasteiger partial charge is 0.133 e. The van der Waals surface area contributed by atoms with Crippen LogP contribution in [-0.2, 0) is 6.54 Å². The van der Waals surface area contributed by atoms with Gasteiger partial charge in [0.1, 0.15) is 5.58 Å². The number of furan rings is 1. The standard InChI is InChI=1S/C19H16N2O/c1-21-11-16-8-13(10-20)2-4-17(16)18(12-21)14-3-5-19-15(9-14)6-7-22-19/h2-9,18H,11-12H2,1H3. The van der Waals surface area contributed by atoms with Crippen molar-refractivity contribution in [1.29, 1.82) is 5.26 Å². The van der Waals surface area contributed by atoms with Gasteiger partial charge in [-0.2, -0.15) is 5.26 Å². The van der Waals surface area contributed by atoms with Gasteiger partial charge in [-0.1, -0.05) is 12.1 Å². The van der Waals surface area contributed by atoms with Crippen molar-refractivity contribution in [3.63, 3.8) is 0 Å². The summed E-state index contributed by atoms with van der Waals surface area (Å²) in [5, 5.41) is 10.2. The van der Waals surface area contributed by atoms with Gasteiger partial charge in [-0.15, -0.1) is 0 Å². The molecule has 0 saturated carbocycles. The van der Waals surface area contributed by atoms with Crippen LogP contribution in [0.25, 0.3) is 11.0 Å². The highest BCUT2D eigenvalue weighted by Crippen LogP contribution is 2.34. The van der Waals surface area contributed by atoms with Crippen LogP contribution in [0.15, 0.2) is 53.1 Å². The van der Waals surface area contributed by atoms with Crippen LogP contribution >= 0.6 is 0 Å². The summed E-state index contributed by atoms with van der Waals surface area (Å²) in [6.45, 7) is 1.89. The zero-order chi connectivity index (χ0) is 15.1. The maximum atomic E-state index is 9.11. The molecule has 108 valence electrons. The van der Waals surface area contributed by atoms with Gasteiger partial charge in [0.2, 0.25) is 0 Å². The Morgan fingerprint density at radius 3 is 2.95 bits per heavy atom. The summed E-state index contributed by atoms with van der Waals surface area (Å²) in [5.41, 5.74) is 5.54. The van der Waals surface area contributed by atoms with Gasteiger partial charge < -0.3 is 9.32 Å². The van der Waals surface area contributed by atoms with Gasteiger partial charge >= 0.3 is 0 Å². The van der Waals surface area contributed by atoms with E-state index < -0.39 is 0 Å². The number of nitrogens with zero attached hydrogens (tertiary/aromatic N) is 2. The van der Waals surface area contributed by atoms with Crippen LogP contribution in [0.1, 0.15) is 28.2 Å². The SMILES string of the molecule is CN1Cc2cc(C#N)ccc2C(c2ccc3occc3c2)C1. The van der Waals surface area contributed by atoms with Crippen LogP contribution in [0, 0.1) is 11.3 Å². The Balaban J connectivity index is 1.83. The fourth-order valence-corrected chi connectivity index (χ4v) is 3.40. The predicted octanol–water partition coefficient (Wildman–Crippen LogP) is 3.88. The van der Waals surface area contributed by atoms with E-state index >= 15 is 0 Å². The van der Waals surface area contributed by atoms with Gasteiger partial charge in [-0.25, -0.2) is 0 Å². The quantitative estimate of drug-likeness (QED) is 0.682. The molecular weight excluding hydrogens is 272 g/mol. The monoisotopic (exact) mass is 288 g/mol. The molecule has 1 atom stereocenters. The number of nitriles is 1. The van der Waals surface area contributed by atoms with Crippen molar-refractivity contribution in [1.82, 2.24) is 4.90 Å². The van der Waals surface area contributed by atoms with Crippen molar-refractivity contribution < 1.29 is 4.42 Å². The molecule has 1 aromatic heterocycles. The number of benzene rings is 2. The lowest BCUT2D eigenvalue weighted by Gasteiger charge is -2.32. The maximum absolute atomic E-state index is 9.11. The zero-order valence-corrected chi connectivity index (χ0v) is 12.4. The molecule has 0 radical (unpaired) electrons. The fraction of sp³-hybridized carbons (Fsp3) is 0.211. The summed E-state index contributed by atoms with van der Waals surface area (Å²) in [5.74, 6) is 0.334. The summed E-state index contributed by atoms with van der Waals surface area (Å²) in [6.07, 6.45) is 1.73. The van der Waals surface area contributed by atoms with Crippen LogP contribution in [0.4, 0.5) is 0 Å². The Labute approximate surface area is 129 Å². The summed E-state index contributed by atoms with van der Waals surface area (Å²) in [6, 6.07) is 16.7. The molecule has 3 nitrogen and oxygen atoms in total. The van der Waals surface area contributed by atoms with Gasteiger partial charge in [0.25, 0.3) is 0 Å². The van der Waals surface area contributed by atoms with Crippen LogP contribution in [0.2, 0.25) is 0 Å². The minimum Gasteiger partial charge on any atom is -0.464 e. The van der Waals surface area contributed by atoms with Gasteiger partial charge in [0.15, 0.2) is 0 Å². The van der Waals surface area contributed by atoms with Crippen molar-refractivity contribution >= 4 is 11.0 Å². The molecule has 4 rings (SSSR count). The molecule has 1 unspecified atom stereocenters. The molecule has 3 heteroatoms. The Bertz CT molecular complexity index is 888. The lowest BCUT2D eigenvalue weighted by molar-refractivity contribution is 0.295. The predicted molar refractivity (Wildman–Crippen MR) is 85.5 cm³/mol. The second-order valence-electron chi connectivity index (χ2n) is 5.99. The Hall–Kier alpha value is -2.57. The van der Waals surface area contributed by atoms with E-state index in [1.54, 1.807) is 6.26 Å². The molecule has 2 heterocycles. The van der Waals surface area contributed by atoms with E-state index in [0.29, 0.717) is 5.92 Å². The van der Waals surface area contributed by atoms with Gasteiger partial charge in [-0.05, 0) is 54.1 Å². The largest absolute Gasteiger partial charge is 0.464 e. The first-order valence-electron chi connectivity index (χ1n) is 7.43. The normalized spacial score (nSPS) is 18.1. The van der Waals surface area contributed by atoms with Crippen LogP contribution < -0.4 is 0 Å². The molecule has 1 aliphatic heterocycles. The maximum Gasteiger partial charge on any atom is 0.133 e. The van der Waals surface area contributed by atoms with Gasteiger partial charge in [0.05, 0.1) is 17.9 Å². The Morgan fingerprint density at radius 1 is 1.18 bits per heavy atom. The summed E-state index contributed by atoms with van der Waals surface area (Å²) in [4.78, 5) is 2.31. The topological polar surface area (TPSA) is 40.2 Å². The van der Waals surface area contributed by atoms with Crippen LogP contribution in [0.3, 0.4) is 0 Å². The first kappa shape index (κ1) is 13.1. The van der Waals surface area contributed by atoms with Crippen molar-refractivity contribution in [2.75, 3.05) is 13.6 Å². The molecule has 0 spiro atoms. The average molecular weight is 288 g/mol. The molecule has 3 aromatic rings. The molecule has 22 heavy (non-hydrogen) atoms. The molecule has 0 aliphatic carbocycles. The first-order chi connectivity index (χ1) is 10.7. The van der Waals surface area contributed by atoms with Gasteiger partial charge in [-0.3, -0.25) is 0 Å². The van der Waals surface area contributed by atoms with E-state index in [2.05, 4.69) is 36.2 Å². The van der Waals surface area contributed by atoms with Crippen molar-refractivity contribution in [2.45, 2.75) is 12.5 Å². The van der Waals surface area contributed by atoms with Crippen molar-refractivity contribution in [3.8, 4) is 6.07 Å². The highest BCUT2D eigenvalue weighted by molar-refractivity contribution is 5.78. The van der Waals surface area contributed by atoms with E-state index in [4.69, 9.17) is 9.68 Å². The average Bonchev–Trinajstić information content (AvgIpc) is 3.00. The molecule has 1 aliphatic rings. The lowest BCUT2D eigenvalue weighted by Crippen LogP contribution is -2.31. The fourth-order valence-electron chi connectivity index (χ4n) is 3.40. The number of hydrogen-bond acceptors (Lipinski definition) is 3. The number of rotatable bonds is 1. The molecule has 0 saturated heterocycles. The number of likely N-dealkylation sites (N-methyl/N-ethyl adjacent to an activating group) is 1. The lowest BCUT2D eigenvalue weighted by atomic mass is 9.84. The second-order valence-corrected chi connectivity index (χ2v) is 5.99. The molecule has 0 bridgehead atoms. The Morgan fingerprint density at radius 2 is 2.09 bits per heavy atom. The Kier molecular flexibility index (Phi) is 2.99. The summed E-state index contributed by atoms with van der Waals surface area (Å²) < 4.78 is 5.43. The van der Waals surface area contributed by atoms with Crippen molar-refractivity contribution in [2.24, 2.45) is 0 Å². The molecular formula is C19H16N2O. The molecule has 2 aromatic carbocycles. The third-order valence-electron chi connectivity index (χ3n) is 4.46. The first-order valence-corrected chi connectivity index (χ1v) is 7.43. The van der Waals surface area contributed by atoms with E-state index in [0.717, 1.165) is 29.6 Å². The molecule has 0 fully saturated rings. The molecule has 0 N–H and O–H groups in total. The second kappa shape index (κ2) is 5.01. The van der Waals surface area contributed by atoms with E-state index in [9.17, 15) is 0 Å². The van der Waals surface area contributed by atoms with Crippen LogP contribution in [0.5, 0.6) is 0 Å². The van der Waals surface area contributed by atoms with E-state index in [1.807, 2.05) is 24.3 Å². The van der Waals surface area contributed by atoms with E-state index in [1.165, 1.54) is 16.7 Å². The third-order valence-corrected chi connectivity index (χ3v) is 4.46. The third kappa shape index (κ3) is 2.09. The highest BCUT2D eigenvalue weighted by atomic mass is 16.3. The zero-order valence-electron chi connectivity index (χ0n) is 12.4. The van der Waals surface area contributed by atoms with Gasteiger partial charge in [0, 0.05) is 24.4 Å². The number of hydrogen-bond donors (Lipinski definition) is 0. The number of fused-ring (bicyclic) bond motifs is 2. The van der Waals surface area contributed by atoms with E-state index in [-0.39, 0.29) is 0 Å². The minimum absolute atomic E-state index is 0.334. The highest BCUT2D eigenvalue weighted by Gasteiger charge is 2.25. The summed E-state index contributed by atoms with van der Waals surface area (Å²) in [7, 11) is 2.13. The van der Waals surface area contributed by atoms with Crippen LogP contribution in [-0.4, -0.2) is 18.5 Å².